The van der Waals surface area contributed by atoms with Crippen molar-refractivity contribution in [3.05, 3.63) is 101 Å². The van der Waals surface area contributed by atoms with E-state index < -0.39 is 46.9 Å². The number of carbonyl (C=O) groups excluding carboxylic acids is 1. The Kier molecular flexibility index (Phi) is 8.98. The topological polar surface area (TPSA) is 115 Å². The zero-order valence-corrected chi connectivity index (χ0v) is 19.3. The number of guanidine groups is 1. The van der Waals surface area contributed by atoms with Crippen LogP contribution in [-0.4, -0.2) is 25.1 Å². The van der Waals surface area contributed by atoms with Crippen molar-refractivity contribution in [3.63, 3.8) is 0 Å². The van der Waals surface area contributed by atoms with Crippen LogP contribution in [0.1, 0.15) is 33.9 Å². The first-order valence-electron chi connectivity index (χ1n) is 10.8. The van der Waals surface area contributed by atoms with Gasteiger partial charge in [0.25, 0.3) is 5.91 Å². The van der Waals surface area contributed by atoms with E-state index in [2.05, 4.69) is 15.6 Å². The molecule has 3 aromatic rings. The smallest absolute Gasteiger partial charge is 0.258 e. The largest absolute Gasteiger partial charge is 0.497 e. The Balaban J connectivity index is 1.78. The van der Waals surface area contributed by atoms with Crippen LogP contribution in [0, 0.1) is 23.3 Å². The highest BCUT2D eigenvalue weighted by Gasteiger charge is 2.18. The fourth-order valence-electron chi connectivity index (χ4n) is 3.28. The van der Waals surface area contributed by atoms with E-state index in [0.717, 1.165) is 5.56 Å². The number of halogens is 4. The molecule has 0 aliphatic heterocycles. The molecule has 6 N–H and O–H groups in total. The Morgan fingerprint density at radius 3 is 2.31 bits per heavy atom. The van der Waals surface area contributed by atoms with Crippen LogP contribution in [0.25, 0.3) is 0 Å². The van der Waals surface area contributed by atoms with Gasteiger partial charge in [0.2, 0.25) is 0 Å². The van der Waals surface area contributed by atoms with Gasteiger partial charge in [-0.05, 0) is 53.9 Å². The van der Waals surface area contributed by atoms with Gasteiger partial charge in [0.15, 0.2) is 23.4 Å². The molecule has 0 aromatic heterocycles. The first-order valence-corrected chi connectivity index (χ1v) is 10.8. The third-order valence-corrected chi connectivity index (χ3v) is 5.16. The second-order valence-electron chi connectivity index (χ2n) is 7.87. The average Bonchev–Trinajstić information content (AvgIpc) is 2.85. The lowest BCUT2D eigenvalue weighted by molar-refractivity contribution is 0.0974. The Labute approximate surface area is 205 Å². The number of hydrogen-bond acceptors (Lipinski definition) is 5. The van der Waals surface area contributed by atoms with Crippen molar-refractivity contribution in [3.8, 4) is 5.75 Å². The number of carbonyl (C=O) groups is 1. The van der Waals surface area contributed by atoms with Crippen LogP contribution in [0.3, 0.4) is 0 Å². The van der Waals surface area contributed by atoms with Crippen LogP contribution in [-0.2, 0) is 6.54 Å². The Bertz CT molecular complexity index is 1210. The van der Waals surface area contributed by atoms with Gasteiger partial charge in [-0.15, -0.1) is 0 Å². The molecular weight excluding hydrogens is 478 g/mol. The number of rotatable bonds is 8. The standard InChI is InChI=1S/C25H25F4N5O2/c1-36-18-4-2-3-14(9-18)13-32-25(34-24(35)16-10-19(27)23(29)20(28)11-16)33-22(31)12-21(30)15-5-7-17(26)8-6-15/h2-11,21-22H,12-13,30-31H2,1H3,(H2,32,33,34,35). The Hall–Kier alpha value is -3.96. The average molecular weight is 504 g/mol. The summed E-state index contributed by atoms with van der Waals surface area (Å²) in [7, 11) is 1.51. The summed E-state index contributed by atoms with van der Waals surface area (Å²) in [5, 5.41) is 5.22. The number of ether oxygens (including phenoxy) is 1. The second kappa shape index (κ2) is 12.1. The summed E-state index contributed by atoms with van der Waals surface area (Å²) in [4.78, 5) is 16.9. The fourth-order valence-corrected chi connectivity index (χ4v) is 3.28. The third-order valence-electron chi connectivity index (χ3n) is 5.16. The van der Waals surface area contributed by atoms with Crippen molar-refractivity contribution in [2.75, 3.05) is 7.11 Å². The highest BCUT2D eigenvalue weighted by molar-refractivity contribution is 6.05. The predicted molar refractivity (Wildman–Crippen MR) is 127 cm³/mol. The fraction of sp³-hybridized carbons (Fsp3) is 0.200. The molecule has 190 valence electrons. The van der Waals surface area contributed by atoms with Gasteiger partial charge >= 0.3 is 0 Å². The molecule has 0 radical (unpaired) electrons. The molecule has 0 heterocycles. The van der Waals surface area contributed by atoms with Gasteiger partial charge in [-0.25, -0.2) is 22.6 Å². The van der Waals surface area contributed by atoms with Crippen molar-refractivity contribution >= 4 is 11.9 Å². The molecule has 0 saturated heterocycles. The van der Waals surface area contributed by atoms with Crippen molar-refractivity contribution < 1.29 is 27.1 Å². The van der Waals surface area contributed by atoms with E-state index in [1.54, 1.807) is 24.3 Å². The van der Waals surface area contributed by atoms with E-state index >= 15 is 0 Å². The third kappa shape index (κ3) is 7.27. The number of nitrogens with one attached hydrogen (secondary N) is 2. The number of nitrogens with zero attached hydrogens (tertiary/aromatic N) is 1. The van der Waals surface area contributed by atoms with Gasteiger partial charge in [-0.1, -0.05) is 24.3 Å². The molecular formula is C25H25F4N5O2. The maximum atomic E-state index is 13.6. The Morgan fingerprint density at radius 1 is 1.00 bits per heavy atom. The quantitative estimate of drug-likeness (QED) is 0.124. The van der Waals surface area contributed by atoms with E-state index in [-0.39, 0.29) is 18.9 Å². The van der Waals surface area contributed by atoms with Gasteiger partial charge in [-0.3, -0.25) is 10.1 Å². The lowest BCUT2D eigenvalue weighted by Crippen LogP contribution is -2.50. The van der Waals surface area contributed by atoms with Crippen LogP contribution in [0.5, 0.6) is 5.75 Å². The lowest BCUT2D eigenvalue weighted by Gasteiger charge is -2.21. The van der Waals surface area contributed by atoms with E-state index in [1.165, 1.54) is 31.4 Å². The van der Waals surface area contributed by atoms with Crippen LogP contribution >= 0.6 is 0 Å². The summed E-state index contributed by atoms with van der Waals surface area (Å²) < 4.78 is 58.9. The summed E-state index contributed by atoms with van der Waals surface area (Å²) in [6.45, 7) is 0.0860. The predicted octanol–water partition coefficient (Wildman–Crippen LogP) is 3.50. The molecule has 3 rings (SSSR count). The maximum Gasteiger partial charge on any atom is 0.258 e. The second-order valence-corrected chi connectivity index (χ2v) is 7.87. The number of amides is 1. The van der Waals surface area contributed by atoms with Crippen LogP contribution in [0.15, 0.2) is 65.7 Å². The van der Waals surface area contributed by atoms with Crippen LogP contribution in [0.2, 0.25) is 0 Å². The van der Waals surface area contributed by atoms with Crippen molar-refractivity contribution in [2.24, 2.45) is 16.5 Å². The maximum absolute atomic E-state index is 13.6. The number of benzene rings is 3. The molecule has 11 heteroatoms. The van der Waals surface area contributed by atoms with E-state index in [4.69, 9.17) is 16.2 Å². The number of aliphatic imine (C=N–C) groups is 1. The minimum atomic E-state index is -1.69. The zero-order valence-electron chi connectivity index (χ0n) is 19.3. The van der Waals surface area contributed by atoms with Crippen molar-refractivity contribution in [2.45, 2.75) is 25.2 Å². The number of nitrogens with two attached hydrogens (primary N) is 2. The number of methoxy groups -OCH3 is 1. The summed E-state index contributed by atoms with van der Waals surface area (Å²) in [5.74, 6) is -5.56. The van der Waals surface area contributed by atoms with E-state index in [0.29, 0.717) is 23.4 Å². The first kappa shape index (κ1) is 26.6. The summed E-state index contributed by atoms with van der Waals surface area (Å²) in [5.41, 5.74) is 13.2. The molecule has 7 nitrogen and oxygen atoms in total. The molecule has 36 heavy (non-hydrogen) atoms. The molecule has 0 saturated carbocycles. The normalized spacial score (nSPS) is 13.1. The molecule has 0 bridgehead atoms. The molecule has 1 amide bonds. The molecule has 3 aromatic carbocycles. The summed E-state index contributed by atoms with van der Waals surface area (Å²) in [6, 6.07) is 13.2. The van der Waals surface area contributed by atoms with Gasteiger partial charge in [0.05, 0.1) is 19.8 Å². The highest BCUT2D eigenvalue weighted by atomic mass is 19.2. The minimum Gasteiger partial charge on any atom is -0.497 e. The molecule has 2 atom stereocenters. The van der Waals surface area contributed by atoms with E-state index in [9.17, 15) is 22.4 Å². The van der Waals surface area contributed by atoms with Crippen LogP contribution < -0.4 is 26.8 Å². The monoisotopic (exact) mass is 503 g/mol. The highest BCUT2D eigenvalue weighted by Crippen LogP contribution is 2.16. The summed E-state index contributed by atoms with van der Waals surface area (Å²) >= 11 is 0. The molecule has 0 fully saturated rings. The number of hydrogen-bond donors (Lipinski definition) is 4. The van der Waals surface area contributed by atoms with Gasteiger partial charge in [0, 0.05) is 11.6 Å². The van der Waals surface area contributed by atoms with E-state index in [1.807, 2.05) is 0 Å². The van der Waals surface area contributed by atoms with Gasteiger partial charge in [0.1, 0.15) is 11.6 Å². The van der Waals surface area contributed by atoms with Gasteiger partial charge in [-0.2, -0.15) is 0 Å². The van der Waals surface area contributed by atoms with Crippen molar-refractivity contribution in [1.82, 2.24) is 10.6 Å². The molecule has 0 aliphatic rings. The lowest BCUT2D eigenvalue weighted by atomic mass is 10.0. The molecule has 0 aliphatic carbocycles. The van der Waals surface area contributed by atoms with Gasteiger partial charge < -0.3 is 21.5 Å². The van der Waals surface area contributed by atoms with Crippen LogP contribution in [0.4, 0.5) is 17.6 Å². The SMILES string of the molecule is COc1cccc(CN=C(NC(=O)c2cc(F)c(F)c(F)c2)NC(N)CC(N)c2ccc(F)cc2)c1. The minimum absolute atomic E-state index is 0.0860. The summed E-state index contributed by atoms with van der Waals surface area (Å²) in [6.07, 6.45) is -0.657. The first-order chi connectivity index (χ1) is 17.2. The van der Waals surface area contributed by atoms with Crippen molar-refractivity contribution in [1.29, 1.82) is 0 Å². The Morgan fingerprint density at radius 2 is 1.67 bits per heavy atom. The zero-order chi connectivity index (χ0) is 26.2. The molecule has 2 unspecified atom stereocenters. The molecule has 0 spiro atoms.